The Kier molecular flexibility index (Phi) is 7.95. The van der Waals surface area contributed by atoms with E-state index in [2.05, 4.69) is 27.0 Å². The van der Waals surface area contributed by atoms with Crippen LogP contribution in [0.15, 0.2) is 43.2 Å². The molecule has 7 nitrogen and oxygen atoms in total. The van der Waals surface area contributed by atoms with Crippen molar-refractivity contribution in [1.82, 2.24) is 19.7 Å². The number of carbonyl (C=O) groups is 1. The predicted octanol–water partition coefficient (Wildman–Crippen LogP) is 3.88. The molecule has 0 spiro atoms. The second-order valence-corrected chi connectivity index (χ2v) is 4.69. The molecule has 3 rings (SSSR count). The molecule has 0 atom stereocenters. The van der Waals surface area contributed by atoms with Crippen LogP contribution in [0.3, 0.4) is 0 Å². The summed E-state index contributed by atoms with van der Waals surface area (Å²) in [5.41, 5.74) is 8.78. The van der Waals surface area contributed by atoms with Gasteiger partial charge in [0.15, 0.2) is 5.65 Å². The van der Waals surface area contributed by atoms with Crippen LogP contribution in [0.4, 0.5) is 11.5 Å². The summed E-state index contributed by atoms with van der Waals surface area (Å²) in [6.07, 6.45) is 2.63. The Morgan fingerprint density at radius 3 is 2.35 bits per heavy atom. The van der Waals surface area contributed by atoms with Crippen LogP contribution < -0.4 is 11.1 Å². The van der Waals surface area contributed by atoms with Crippen LogP contribution in [-0.2, 0) is 4.79 Å². The molecule has 0 saturated carbocycles. The number of nitrogens with two attached hydrogens (primary N) is 1. The highest BCUT2D eigenvalue weighted by molar-refractivity contribution is 5.98. The molecular formula is C19H26N6O. The lowest BCUT2D eigenvalue weighted by Crippen LogP contribution is -2.07. The van der Waals surface area contributed by atoms with E-state index < -0.39 is 0 Å². The molecular weight excluding hydrogens is 328 g/mol. The topological polar surface area (TPSA) is 98.7 Å². The third-order valence-electron chi connectivity index (χ3n) is 3.23. The molecule has 0 radical (unpaired) electrons. The van der Waals surface area contributed by atoms with Crippen molar-refractivity contribution >= 4 is 28.4 Å². The molecule has 0 aliphatic carbocycles. The normalized spacial score (nSPS) is 9.42. The van der Waals surface area contributed by atoms with Crippen LogP contribution in [0.25, 0.3) is 16.7 Å². The molecule has 1 aromatic carbocycles. The van der Waals surface area contributed by atoms with E-state index in [9.17, 15) is 4.79 Å². The lowest BCUT2D eigenvalue weighted by atomic mass is 10.2. The number of fused-ring (bicyclic) bond motifs is 1. The van der Waals surface area contributed by atoms with Crippen molar-refractivity contribution in [3.05, 3.63) is 48.9 Å². The van der Waals surface area contributed by atoms with Crippen LogP contribution >= 0.6 is 0 Å². The number of aromatic nitrogens is 4. The number of rotatable bonds is 3. The van der Waals surface area contributed by atoms with E-state index in [0.717, 1.165) is 16.8 Å². The minimum atomic E-state index is -0.256. The molecule has 0 aliphatic rings. The maximum Gasteiger partial charge on any atom is 0.247 e. The largest absolute Gasteiger partial charge is 0.383 e. The first-order valence-corrected chi connectivity index (χ1v) is 8.60. The number of hydrogen-bond donors (Lipinski definition) is 2. The molecule has 26 heavy (non-hydrogen) atoms. The Balaban J connectivity index is 0.000000791. The van der Waals surface area contributed by atoms with Crippen LogP contribution in [-0.4, -0.2) is 25.7 Å². The number of carbonyl (C=O) groups excluding carboxylic acids is 1. The van der Waals surface area contributed by atoms with Gasteiger partial charge in [-0.3, -0.25) is 4.79 Å². The molecule has 0 bridgehead atoms. The molecule has 138 valence electrons. The van der Waals surface area contributed by atoms with Gasteiger partial charge in [-0.2, -0.15) is 5.10 Å². The Bertz CT molecular complexity index is 868. The monoisotopic (exact) mass is 354 g/mol. The SMILES string of the molecule is C=CC(=O)Nc1ccc(-n2nc(C)c3c(N)ncnc32)cc1.CC.CC. The zero-order chi connectivity index (χ0) is 19.7. The van der Waals surface area contributed by atoms with Gasteiger partial charge in [-0.25, -0.2) is 14.6 Å². The van der Waals surface area contributed by atoms with Crippen molar-refractivity contribution < 1.29 is 4.79 Å². The van der Waals surface area contributed by atoms with Crippen LogP contribution in [0.5, 0.6) is 0 Å². The molecule has 1 amide bonds. The summed E-state index contributed by atoms with van der Waals surface area (Å²) in [5.74, 6) is 0.150. The number of amides is 1. The minimum Gasteiger partial charge on any atom is -0.383 e. The van der Waals surface area contributed by atoms with Gasteiger partial charge in [0, 0.05) is 5.69 Å². The highest BCUT2D eigenvalue weighted by Crippen LogP contribution is 2.23. The van der Waals surface area contributed by atoms with Gasteiger partial charge >= 0.3 is 0 Å². The van der Waals surface area contributed by atoms with E-state index in [1.807, 2.05) is 46.8 Å². The van der Waals surface area contributed by atoms with Gasteiger partial charge in [0.2, 0.25) is 5.91 Å². The average Bonchev–Trinajstić information content (AvgIpc) is 3.03. The minimum absolute atomic E-state index is 0.256. The van der Waals surface area contributed by atoms with Crippen molar-refractivity contribution in [2.75, 3.05) is 11.1 Å². The first kappa shape index (κ1) is 20.8. The smallest absolute Gasteiger partial charge is 0.247 e. The fourth-order valence-corrected chi connectivity index (χ4v) is 2.20. The summed E-state index contributed by atoms with van der Waals surface area (Å²) >= 11 is 0. The highest BCUT2D eigenvalue weighted by atomic mass is 16.1. The maximum absolute atomic E-state index is 11.3. The van der Waals surface area contributed by atoms with Gasteiger partial charge in [0.1, 0.15) is 12.1 Å². The van der Waals surface area contributed by atoms with E-state index >= 15 is 0 Å². The van der Waals surface area contributed by atoms with Gasteiger partial charge in [-0.1, -0.05) is 34.3 Å². The van der Waals surface area contributed by atoms with Crippen molar-refractivity contribution in [3.8, 4) is 5.69 Å². The number of nitrogen functional groups attached to an aromatic ring is 1. The second-order valence-electron chi connectivity index (χ2n) is 4.69. The van der Waals surface area contributed by atoms with Crippen molar-refractivity contribution in [2.45, 2.75) is 34.6 Å². The van der Waals surface area contributed by atoms with E-state index in [0.29, 0.717) is 17.2 Å². The number of benzene rings is 1. The number of nitrogens with one attached hydrogen (secondary N) is 1. The summed E-state index contributed by atoms with van der Waals surface area (Å²) < 4.78 is 1.70. The highest BCUT2D eigenvalue weighted by Gasteiger charge is 2.13. The number of hydrogen-bond acceptors (Lipinski definition) is 5. The summed E-state index contributed by atoms with van der Waals surface area (Å²) in [5, 5.41) is 7.89. The zero-order valence-corrected chi connectivity index (χ0v) is 15.9. The van der Waals surface area contributed by atoms with E-state index in [4.69, 9.17) is 5.73 Å². The van der Waals surface area contributed by atoms with Gasteiger partial charge in [0.05, 0.1) is 16.8 Å². The third-order valence-corrected chi connectivity index (χ3v) is 3.23. The molecule has 2 aromatic heterocycles. The first-order valence-electron chi connectivity index (χ1n) is 8.60. The van der Waals surface area contributed by atoms with Gasteiger partial charge in [0.25, 0.3) is 0 Å². The summed E-state index contributed by atoms with van der Waals surface area (Å²) in [6.45, 7) is 13.3. The molecule has 2 heterocycles. The van der Waals surface area contributed by atoms with E-state index in [-0.39, 0.29) is 5.91 Å². The van der Waals surface area contributed by atoms with Crippen molar-refractivity contribution in [1.29, 1.82) is 0 Å². The summed E-state index contributed by atoms with van der Waals surface area (Å²) in [7, 11) is 0. The molecule has 7 heteroatoms. The Morgan fingerprint density at radius 1 is 1.15 bits per heavy atom. The zero-order valence-electron chi connectivity index (χ0n) is 15.9. The van der Waals surface area contributed by atoms with Crippen molar-refractivity contribution in [2.24, 2.45) is 0 Å². The first-order chi connectivity index (χ1) is 12.6. The Morgan fingerprint density at radius 2 is 1.77 bits per heavy atom. The number of anilines is 2. The van der Waals surface area contributed by atoms with Gasteiger partial charge in [-0.05, 0) is 37.3 Å². The summed E-state index contributed by atoms with van der Waals surface area (Å²) in [4.78, 5) is 19.5. The summed E-state index contributed by atoms with van der Waals surface area (Å²) in [6, 6.07) is 7.24. The van der Waals surface area contributed by atoms with Gasteiger partial charge < -0.3 is 11.1 Å². The Labute approximate surface area is 154 Å². The fraction of sp³-hybridized carbons (Fsp3) is 0.263. The average molecular weight is 354 g/mol. The maximum atomic E-state index is 11.3. The van der Waals surface area contributed by atoms with Crippen LogP contribution in [0.1, 0.15) is 33.4 Å². The number of aryl methyl sites for hydroxylation is 1. The third kappa shape index (κ3) is 4.44. The molecule has 3 N–H and O–H groups in total. The van der Waals surface area contributed by atoms with Crippen LogP contribution in [0.2, 0.25) is 0 Å². The molecule has 0 unspecified atom stereocenters. The fourth-order valence-electron chi connectivity index (χ4n) is 2.20. The molecule has 0 saturated heterocycles. The second kappa shape index (κ2) is 9.93. The van der Waals surface area contributed by atoms with Crippen molar-refractivity contribution in [3.63, 3.8) is 0 Å². The lowest BCUT2D eigenvalue weighted by Gasteiger charge is -2.05. The molecule has 3 aromatic rings. The van der Waals surface area contributed by atoms with Crippen LogP contribution in [0, 0.1) is 6.92 Å². The van der Waals surface area contributed by atoms with E-state index in [1.54, 1.807) is 16.8 Å². The number of nitrogens with zero attached hydrogens (tertiary/aromatic N) is 4. The predicted molar refractivity (Wildman–Crippen MR) is 107 cm³/mol. The standard InChI is InChI=1S/C15H14N6O.2C2H6/c1-3-12(22)19-10-4-6-11(7-5-10)21-15-13(9(2)20-21)14(16)17-8-18-15;2*1-2/h3-8H,1H2,2H3,(H,19,22)(H2,16,17,18);2*1-2H3. The van der Waals surface area contributed by atoms with Gasteiger partial charge in [-0.15, -0.1) is 0 Å². The van der Waals surface area contributed by atoms with E-state index in [1.165, 1.54) is 12.4 Å². The molecule has 0 aliphatic heterocycles. The lowest BCUT2D eigenvalue weighted by molar-refractivity contribution is -0.111. The molecule has 0 fully saturated rings. The Hall–Kier alpha value is -3.22. The quantitative estimate of drug-likeness (QED) is 0.695.